The lowest BCUT2D eigenvalue weighted by Crippen LogP contribution is -2.46. The molecule has 416 valence electrons. The van der Waals surface area contributed by atoms with E-state index in [2.05, 4.69) is 49.4 Å². The highest BCUT2D eigenvalue weighted by Gasteiger charge is 2.37. The molecule has 6 aromatic carbocycles. The molecule has 0 radical (unpaired) electrons. The molecule has 2 N–H and O–H groups in total. The van der Waals surface area contributed by atoms with E-state index in [9.17, 15) is 19.2 Å². The first-order chi connectivity index (χ1) is 38.5. The van der Waals surface area contributed by atoms with Crippen molar-refractivity contribution in [2.75, 3.05) is 79.2 Å². The summed E-state index contributed by atoms with van der Waals surface area (Å²) in [6.45, 7) is 9.52. The number of piperazine rings is 1. The number of carbonyl (C=O) groups is 4. The van der Waals surface area contributed by atoms with Crippen LogP contribution < -0.4 is 34.5 Å². The molecule has 0 aromatic heterocycles. The van der Waals surface area contributed by atoms with Gasteiger partial charge in [-0.15, -0.1) is 0 Å². The number of halogens is 1. The third kappa shape index (κ3) is 14.5. The van der Waals surface area contributed by atoms with Gasteiger partial charge in [0.2, 0.25) is 0 Å². The molecule has 17 heteroatoms. The summed E-state index contributed by atoms with van der Waals surface area (Å²) in [5.41, 5.74) is 8.46. The number of likely N-dealkylation sites (N-methyl/N-ethyl adjacent to an activating group) is 1. The second-order valence-corrected chi connectivity index (χ2v) is 20.2. The van der Waals surface area contributed by atoms with Crippen LogP contribution in [0.4, 0.5) is 15.3 Å². The van der Waals surface area contributed by atoms with Gasteiger partial charge in [-0.25, -0.2) is 9.59 Å². The first kappa shape index (κ1) is 57.4. The van der Waals surface area contributed by atoms with Crippen molar-refractivity contribution in [1.29, 1.82) is 0 Å². The molecule has 1 saturated heterocycles. The van der Waals surface area contributed by atoms with Crippen molar-refractivity contribution in [3.63, 3.8) is 0 Å². The molecule has 6 aromatic rings. The van der Waals surface area contributed by atoms with Gasteiger partial charge < -0.3 is 58.7 Å². The van der Waals surface area contributed by atoms with E-state index < -0.39 is 12.2 Å². The van der Waals surface area contributed by atoms with Gasteiger partial charge in [-0.3, -0.25) is 9.59 Å². The first-order valence-electron chi connectivity index (χ1n) is 26.8. The number of nitrogens with one attached hydrogen (secondary N) is 2. The Labute approximate surface area is 472 Å². The summed E-state index contributed by atoms with van der Waals surface area (Å²) in [7, 11) is 6.41. The maximum atomic E-state index is 13.9. The number of anilines is 1. The largest absolute Gasteiger partial charge is 0.493 e. The molecule has 79 heavy (non-hydrogen) atoms. The Morgan fingerprint density at radius 1 is 0.544 bits per heavy atom. The number of amides is 4. The van der Waals surface area contributed by atoms with Crippen LogP contribution in [0.15, 0.2) is 138 Å². The van der Waals surface area contributed by atoms with E-state index in [1.807, 2.05) is 137 Å². The summed E-state index contributed by atoms with van der Waals surface area (Å²) in [5.74, 6) is 2.50. The van der Waals surface area contributed by atoms with Crippen molar-refractivity contribution < 1.29 is 47.6 Å². The zero-order chi connectivity index (χ0) is 55.7. The van der Waals surface area contributed by atoms with Crippen LogP contribution in [0.2, 0.25) is 0 Å². The van der Waals surface area contributed by atoms with Crippen molar-refractivity contribution in [3.8, 4) is 23.0 Å². The quantitative estimate of drug-likeness (QED) is 0.0620. The summed E-state index contributed by atoms with van der Waals surface area (Å²) >= 11 is 3.58. The number of nitrogens with zero attached hydrogens (tertiary/aromatic N) is 4. The van der Waals surface area contributed by atoms with Crippen LogP contribution in [0.1, 0.15) is 98.8 Å². The number of rotatable bonds is 22. The van der Waals surface area contributed by atoms with Crippen LogP contribution in [0.25, 0.3) is 0 Å². The Balaban J connectivity index is 0.000000211. The molecule has 0 unspecified atom stereocenters. The summed E-state index contributed by atoms with van der Waals surface area (Å²) in [4.78, 5) is 60.5. The standard InChI is InChI=1S/C34H42N4O5.C28H29BrN2O5/c1-4-36-18-20-37(21-19-36)30-13-8-12-27-28(30)23-38(33(27)39)29(26-15-16-31(41-2)32(22-26)42-3)14-9-17-35-34(40)43-24-25-10-6-5-7-11-25;1-34-25-14-13-20(16-26(25)35-2)24(31-17-22-21(27(31)32)10-6-11-23(22)29)12-7-15-30-28(33)36-18-19-8-4-3-5-9-19/h5-8,10-13,15-16,22,29H,4,9,14,17-21,23-24H2,1-3H3,(H,35,40);3-6,8-11,13-14,16,24H,7,12,15,17-18H2,1-2H3,(H,30,33)/t29-;24-/m11/s1. The summed E-state index contributed by atoms with van der Waals surface area (Å²) in [6.07, 6.45) is 1.69. The van der Waals surface area contributed by atoms with Gasteiger partial charge >= 0.3 is 12.2 Å². The summed E-state index contributed by atoms with van der Waals surface area (Å²) in [5, 5.41) is 5.67. The van der Waals surface area contributed by atoms with Crippen LogP contribution in [0, 0.1) is 0 Å². The monoisotopic (exact) mass is 1140 g/mol. The number of carbonyl (C=O) groups excluding carboxylic acids is 4. The Kier molecular flexibility index (Phi) is 20.5. The molecular formula is C62H71BrN6O10. The lowest BCUT2D eigenvalue weighted by molar-refractivity contribution is 0.0681. The molecule has 2 atom stereocenters. The lowest BCUT2D eigenvalue weighted by atomic mass is 9.99. The lowest BCUT2D eigenvalue weighted by Gasteiger charge is -2.36. The number of hydrogen-bond donors (Lipinski definition) is 2. The van der Waals surface area contributed by atoms with Gasteiger partial charge in [-0.1, -0.05) is 108 Å². The van der Waals surface area contributed by atoms with Crippen molar-refractivity contribution >= 4 is 45.6 Å². The van der Waals surface area contributed by atoms with Crippen LogP contribution in [-0.2, 0) is 35.8 Å². The minimum atomic E-state index is -0.463. The first-order valence-corrected chi connectivity index (χ1v) is 27.6. The molecule has 0 spiro atoms. The van der Waals surface area contributed by atoms with Gasteiger partial charge in [-0.05, 0) is 109 Å². The number of alkyl carbamates (subject to hydrolysis) is 2. The van der Waals surface area contributed by atoms with Gasteiger partial charge in [0.1, 0.15) is 13.2 Å². The maximum absolute atomic E-state index is 13.9. The predicted octanol–water partition coefficient (Wildman–Crippen LogP) is 11.1. The number of methoxy groups -OCH3 is 4. The van der Waals surface area contributed by atoms with E-state index in [0.717, 1.165) is 81.8 Å². The maximum Gasteiger partial charge on any atom is 0.407 e. The predicted molar refractivity (Wildman–Crippen MR) is 307 cm³/mol. The fourth-order valence-electron chi connectivity index (χ4n) is 10.4. The van der Waals surface area contributed by atoms with E-state index in [0.29, 0.717) is 80.4 Å². The number of ether oxygens (including phenoxy) is 6. The Morgan fingerprint density at radius 3 is 1.46 bits per heavy atom. The molecular weight excluding hydrogens is 1070 g/mol. The highest BCUT2D eigenvalue weighted by atomic mass is 79.9. The van der Waals surface area contributed by atoms with Crippen molar-refractivity contribution in [3.05, 3.63) is 182 Å². The zero-order valence-electron chi connectivity index (χ0n) is 45.7. The average molecular weight is 1140 g/mol. The third-order valence-corrected chi connectivity index (χ3v) is 15.4. The van der Waals surface area contributed by atoms with Gasteiger partial charge in [0.05, 0.1) is 40.5 Å². The van der Waals surface area contributed by atoms with Gasteiger partial charge in [-0.2, -0.15) is 0 Å². The van der Waals surface area contributed by atoms with Crippen molar-refractivity contribution in [2.45, 2.75) is 71.0 Å². The third-order valence-electron chi connectivity index (χ3n) is 14.7. The van der Waals surface area contributed by atoms with Crippen LogP contribution in [0.3, 0.4) is 0 Å². The Bertz CT molecular complexity index is 3010. The van der Waals surface area contributed by atoms with Crippen LogP contribution in [-0.4, -0.2) is 113 Å². The van der Waals surface area contributed by atoms with Gasteiger partial charge in [0.25, 0.3) is 11.8 Å². The van der Waals surface area contributed by atoms with Crippen molar-refractivity contribution in [2.24, 2.45) is 0 Å². The Morgan fingerprint density at radius 2 is 1.00 bits per heavy atom. The number of benzene rings is 6. The van der Waals surface area contributed by atoms with Gasteiger partial charge in [0.15, 0.2) is 23.0 Å². The molecule has 3 aliphatic rings. The van der Waals surface area contributed by atoms with E-state index in [4.69, 9.17) is 28.4 Å². The Hall–Kier alpha value is -7.76. The van der Waals surface area contributed by atoms with Gasteiger partial charge in [0, 0.05) is 79.2 Å². The van der Waals surface area contributed by atoms with E-state index in [-0.39, 0.29) is 37.1 Å². The minimum Gasteiger partial charge on any atom is -0.493 e. The molecule has 0 aliphatic carbocycles. The summed E-state index contributed by atoms with van der Waals surface area (Å²) < 4.78 is 33.6. The van der Waals surface area contributed by atoms with Crippen LogP contribution in [0.5, 0.6) is 23.0 Å². The molecule has 4 amide bonds. The number of fused-ring (bicyclic) bond motifs is 2. The van der Waals surface area contributed by atoms with Crippen molar-refractivity contribution in [1.82, 2.24) is 25.3 Å². The van der Waals surface area contributed by atoms with E-state index in [1.165, 1.54) is 0 Å². The topological polar surface area (TPSA) is 161 Å². The molecule has 3 aliphatic heterocycles. The second-order valence-electron chi connectivity index (χ2n) is 19.4. The molecule has 3 heterocycles. The zero-order valence-corrected chi connectivity index (χ0v) is 47.3. The summed E-state index contributed by atoms with van der Waals surface area (Å²) in [6, 6.07) is 42.0. The smallest absolute Gasteiger partial charge is 0.407 e. The van der Waals surface area contributed by atoms with E-state index >= 15 is 0 Å². The van der Waals surface area contributed by atoms with Crippen LogP contribution >= 0.6 is 15.9 Å². The van der Waals surface area contributed by atoms with E-state index in [1.54, 1.807) is 28.4 Å². The molecule has 0 saturated carbocycles. The molecule has 0 bridgehead atoms. The molecule has 9 rings (SSSR count). The fraction of sp³-hybridized carbons (Fsp3) is 0.355. The normalized spacial score (nSPS) is 14.5. The fourth-order valence-corrected chi connectivity index (χ4v) is 10.9. The SMILES string of the molecule is CCN1CCN(c2cccc3c2CN([C@H](CCCNC(=O)OCc2ccccc2)c2ccc(OC)c(OC)c2)C3=O)CC1.COc1ccc([C@@H](CCCNC(=O)OCc2ccccc2)N2Cc3c(Br)cccc3C2=O)cc1OC. The average Bonchev–Trinajstić information content (AvgIpc) is 4.10. The second kappa shape index (κ2) is 28.2. The number of hydrogen-bond acceptors (Lipinski definition) is 12. The minimum absolute atomic E-state index is 0.0127. The highest BCUT2D eigenvalue weighted by Crippen LogP contribution is 2.42. The molecule has 16 nitrogen and oxygen atoms in total. The molecule has 1 fully saturated rings. The highest BCUT2D eigenvalue weighted by molar-refractivity contribution is 9.10.